The highest BCUT2D eigenvalue weighted by molar-refractivity contribution is 7.36. The Labute approximate surface area is 148 Å². The van der Waals surface area contributed by atoms with Crippen molar-refractivity contribution in [3.05, 3.63) is 54.1 Å². The standard InChI is InChI=1S/C18H22NO5P/c1-14(10-15-8-9-17-18(11-15)23-13-22-17)19(12-21-2)25(20)24-16-6-4-3-5-7-16/h3-9,11,14,25H,10,12-13H2,1-2H3. The minimum absolute atomic E-state index is 0.0320. The molecule has 2 aromatic carbocycles. The molecule has 0 aromatic heterocycles. The summed E-state index contributed by atoms with van der Waals surface area (Å²) in [4.78, 5) is 0. The van der Waals surface area contributed by atoms with E-state index in [9.17, 15) is 4.57 Å². The second kappa shape index (κ2) is 8.39. The van der Waals surface area contributed by atoms with E-state index in [4.69, 9.17) is 18.7 Å². The molecule has 2 unspecified atom stereocenters. The molecule has 2 atom stereocenters. The van der Waals surface area contributed by atoms with Crippen molar-refractivity contribution in [2.75, 3.05) is 20.6 Å². The summed E-state index contributed by atoms with van der Waals surface area (Å²) in [6.45, 7) is 2.49. The lowest BCUT2D eigenvalue weighted by Gasteiger charge is -2.27. The summed E-state index contributed by atoms with van der Waals surface area (Å²) in [5.41, 5.74) is 1.08. The Balaban J connectivity index is 1.67. The number of nitrogens with zero attached hydrogens (tertiary/aromatic N) is 1. The molecule has 6 nitrogen and oxygen atoms in total. The average Bonchev–Trinajstić information content (AvgIpc) is 3.08. The van der Waals surface area contributed by atoms with Gasteiger partial charge < -0.3 is 18.7 Å². The van der Waals surface area contributed by atoms with Crippen molar-refractivity contribution in [1.29, 1.82) is 0 Å². The highest BCUT2D eigenvalue weighted by Gasteiger charge is 2.22. The van der Waals surface area contributed by atoms with Crippen molar-refractivity contribution in [3.8, 4) is 17.2 Å². The van der Waals surface area contributed by atoms with Crippen molar-refractivity contribution in [2.24, 2.45) is 0 Å². The normalized spacial score (nSPS) is 15.2. The van der Waals surface area contributed by atoms with Crippen LogP contribution in [-0.2, 0) is 15.7 Å². The topological polar surface area (TPSA) is 57.2 Å². The van der Waals surface area contributed by atoms with Crippen LogP contribution in [0.3, 0.4) is 0 Å². The molecule has 1 aliphatic heterocycles. The van der Waals surface area contributed by atoms with Gasteiger partial charge in [-0.25, -0.2) is 0 Å². The van der Waals surface area contributed by atoms with E-state index >= 15 is 0 Å². The van der Waals surface area contributed by atoms with Crippen molar-refractivity contribution in [1.82, 2.24) is 4.67 Å². The molecule has 0 spiro atoms. The first-order valence-corrected chi connectivity index (χ1v) is 9.34. The predicted octanol–water partition coefficient (Wildman–Crippen LogP) is 3.72. The van der Waals surface area contributed by atoms with Gasteiger partial charge >= 0.3 is 8.18 Å². The van der Waals surface area contributed by atoms with Crippen LogP contribution >= 0.6 is 8.18 Å². The molecule has 0 fully saturated rings. The van der Waals surface area contributed by atoms with Gasteiger partial charge in [0.1, 0.15) is 12.5 Å². The van der Waals surface area contributed by atoms with E-state index in [1.54, 1.807) is 23.9 Å². The van der Waals surface area contributed by atoms with Crippen molar-refractivity contribution in [2.45, 2.75) is 19.4 Å². The lowest BCUT2D eigenvalue weighted by Crippen LogP contribution is -2.31. The second-order valence-corrected chi connectivity index (χ2v) is 7.12. The van der Waals surface area contributed by atoms with Crippen LogP contribution in [0.5, 0.6) is 17.2 Å². The number of para-hydroxylation sites is 1. The summed E-state index contributed by atoms with van der Waals surface area (Å²) < 4.78 is 36.0. The fourth-order valence-corrected chi connectivity index (χ4v) is 3.81. The van der Waals surface area contributed by atoms with Crippen molar-refractivity contribution >= 4 is 8.18 Å². The maximum Gasteiger partial charge on any atom is 0.310 e. The summed E-state index contributed by atoms with van der Waals surface area (Å²) in [5, 5.41) is 0. The van der Waals surface area contributed by atoms with Gasteiger partial charge in [0.15, 0.2) is 11.5 Å². The van der Waals surface area contributed by atoms with Gasteiger partial charge in [0.25, 0.3) is 0 Å². The third kappa shape index (κ3) is 4.54. The second-order valence-electron chi connectivity index (χ2n) is 5.81. The predicted molar refractivity (Wildman–Crippen MR) is 95.5 cm³/mol. The van der Waals surface area contributed by atoms with E-state index in [-0.39, 0.29) is 19.6 Å². The maximum atomic E-state index is 12.7. The van der Waals surface area contributed by atoms with E-state index in [1.165, 1.54) is 0 Å². The van der Waals surface area contributed by atoms with Gasteiger partial charge in [-0.2, -0.15) is 4.67 Å². The Kier molecular flexibility index (Phi) is 5.97. The highest BCUT2D eigenvalue weighted by Crippen LogP contribution is 2.36. The molecule has 7 heteroatoms. The number of methoxy groups -OCH3 is 1. The summed E-state index contributed by atoms with van der Waals surface area (Å²) in [7, 11) is -0.889. The molecule has 3 rings (SSSR count). The van der Waals surface area contributed by atoms with Gasteiger partial charge in [-0.3, -0.25) is 4.57 Å². The molecule has 0 bridgehead atoms. The summed E-state index contributed by atoms with van der Waals surface area (Å²) >= 11 is 0. The lowest BCUT2D eigenvalue weighted by atomic mass is 10.1. The third-order valence-corrected chi connectivity index (χ3v) is 5.40. The highest BCUT2D eigenvalue weighted by atomic mass is 31.1. The van der Waals surface area contributed by atoms with E-state index in [0.29, 0.717) is 12.2 Å². The third-order valence-electron chi connectivity index (χ3n) is 3.95. The lowest BCUT2D eigenvalue weighted by molar-refractivity contribution is 0.0928. The molecule has 0 aliphatic carbocycles. The Morgan fingerprint density at radius 1 is 1.16 bits per heavy atom. The zero-order valence-corrected chi connectivity index (χ0v) is 15.3. The number of hydrogen-bond donors (Lipinski definition) is 0. The molecule has 1 aliphatic rings. The van der Waals surface area contributed by atoms with Crippen LogP contribution in [-0.4, -0.2) is 31.3 Å². The average molecular weight is 363 g/mol. The molecule has 0 amide bonds. The van der Waals surface area contributed by atoms with E-state index < -0.39 is 8.18 Å². The quantitative estimate of drug-likeness (QED) is 0.526. The van der Waals surface area contributed by atoms with Gasteiger partial charge in [-0.05, 0) is 43.2 Å². The molecule has 0 radical (unpaired) electrons. The Morgan fingerprint density at radius 3 is 2.68 bits per heavy atom. The summed E-state index contributed by atoms with van der Waals surface area (Å²) in [6, 6.07) is 15.0. The molecule has 25 heavy (non-hydrogen) atoms. The summed E-state index contributed by atoms with van der Waals surface area (Å²) in [6.07, 6.45) is 0.689. The number of fused-ring (bicyclic) bond motifs is 1. The van der Waals surface area contributed by atoms with E-state index in [1.807, 2.05) is 43.3 Å². The van der Waals surface area contributed by atoms with Crippen molar-refractivity contribution < 1.29 is 23.3 Å². The molecule has 1 heterocycles. The first-order chi connectivity index (χ1) is 12.2. The van der Waals surface area contributed by atoms with Crippen LogP contribution in [0.25, 0.3) is 0 Å². The van der Waals surface area contributed by atoms with Crippen molar-refractivity contribution in [3.63, 3.8) is 0 Å². The van der Waals surface area contributed by atoms with Crippen LogP contribution in [0.4, 0.5) is 0 Å². The molecular weight excluding hydrogens is 341 g/mol. The smallest absolute Gasteiger partial charge is 0.310 e. The van der Waals surface area contributed by atoms with E-state index in [2.05, 4.69) is 0 Å². The van der Waals surface area contributed by atoms with Gasteiger partial charge in [-0.15, -0.1) is 0 Å². The fourth-order valence-electron chi connectivity index (χ4n) is 2.67. The van der Waals surface area contributed by atoms with Gasteiger partial charge in [0.05, 0.1) is 0 Å². The fraction of sp³-hybridized carbons (Fsp3) is 0.333. The SMILES string of the molecule is COCN(C(C)Cc1ccc2c(c1)OCO2)[PH](=O)Oc1ccccc1. The molecular formula is C18H22NO5P. The zero-order valence-electron chi connectivity index (χ0n) is 14.3. The molecule has 0 saturated carbocycles. The molecule has 0 N–H and O–H groups in total. The van der Waals surface area contributed by atoms with Crippen LogP contribution in [0, 0.1) is 0 Å². The summed E-state index contributed by atoms with van der Waals surface area (Å²) in [5.74, 6) is 2.09. The maximum absolute atomic E-state index is 12.7. The molecule has 2 aromatic rings. The Bertz CT molecular complexity index is 725. The number of rotatable bonds is 8. The first kappa shape index (κ1) is 17.8. The number of benzene rings is 2. The number of hydrogen-bond acceptors (Lipinski definition) is 5. The van der Waals surface area contributed by atoms with Gasteiger partial charge in [-0.1, -0.05) is 24.3 Å². The largest absolute Gasteiger partial charge is 0.454 e. The van der Waals surface area contributed by atoms with Crippen LogP contribution < -0.4 is 14.0 Å². The first-order valence-electron chi connectivity index (χ1n) is 8.08. The van der Waals surface area contributed by atoms with Gasteiger partial charge in [0, 0.05) is 13.2 Å². The monoisotopic (exact) mass is 363 g/mol. The molecule has 0 saturated heterocycles. The minimum atomic E-state index is -2.47. The zero-order chi connectivity index (χ0) is 17.6. The minimum Gasteiger partial charge on any atom is -0.454 e. The van der Waals surface area contributed by atoms with E-state index in [0.717, 1.165) is 17.1 Å². The van der Waals surface area contributed by atoms with Crippen LogP contribution in [0.2, 0.25) is 0 Å². The molecule has 134 valence electrons. The van der Waals surface area contributed by atoms with Crippen LogP contribution in [0.1, 0.15) is 12.5 Å². The number of ether oxygens (including phenoxy) is 3. The van der Waals surface area contributed by atoms with Crippen LogP contribution in [0.15, 0.2) is 48.5 Å². The Hall–Kier alpha value is -2.01. The Morgan fingerprint density at radius 2 is 1.92 bits per heavy atom. The van der Waals surface area contributed by atoms with Gasteiger partial charge in [0.2, 0.25) is 6.79 Å².